The summed E-state index contributed by atoms with van der Waals surface area (Å²) in [7, 11) is 0. The third-order valence-electron chi connectivity index (χ3n) is 6.14. The minimum atomic E-state index is -1.24. The zero-order chi connectivity index (χ0) is 26.7. The lowest BCUT2D eigenvalue weighted by molar-refractivity contribution is -0.142. The molecule has 0 aliphatic heterocycles. The van der Waals surface area contributed by atoms with Gasteiger partial charge in [-0.2, -0.15) is 0 Å². The summed E-state index contributed by atoms with van der Waals surface area (Å²) in [4.78, 5) is 39.8. The highest BCUT2D eigenvalue weighted by molar-refractivity contribution is 6.32. The van der Waals surface area contributed by atoms with E-state index in [0.29, 0.717) is 22.8 Å². The maximum absolute atomic E-state index is 12.8. The third-order valence-corrected chi connectivity index (χ3v) is 6.44. The average molecular weight is 527 g/mol. The normalized spacial score (nSPS) is 12.9. The first-order valence-corrected chi connectivity index (χ1v) is 12.3. The first kappa shape index (κ1) is 26.1. The quantitative estimate of drug-likeness (QED) is 0.222. The van der Waals surface area contributed by atoms with Crippen molar-refractivity contribution in [1.29, 1.82) is 0 Å². The third kappa shape index (κ3) is 5.89. The molecule has 0 saturated carbocycles. The lowest BCUT2D eigenvalue weighted by Crippen LogP contribution is -2.47. The van der Waals surface area contributed by atoms with Crippen molar-refractivity contribution < 1.29 is 29.0 Å². The van der Waals surface area contributed by atoms with Crippen molar-refractivity contribution in [2.24, 2.45) is 0 Å². The minimum Gasteiger partial charge on any atom is -0.508 e. The number of carbonyl (C=O) groups excluding carboxylic acids is 1. The Labute approximate surface area is 217 Å². The number of phenols is 1. The molecule has 2 heterocycles. The van der Waals surface area contributed by atoms with Gasteiger partial charge in [-0.1, -0.05) is 24.9 Å². The number of carboxylic acids is 1. The summed E-state index contributed by atoms with van der Waals surface area (Å²) in [5.41, 5.74) is 1.97. The van der Waals surface area contributed by atoms with Crippen LogP contribution in [-0.2, 0) is 22.4 Å². The molecule has 0 aliphatic carbocycles. The van der Waals surface area contributed by atoms with Gasteiger partial charge in [0.05, 0.1) is 5.02 Å². The van der Waals surface area contributed by atoms with E-state index >= 15 is 0 Å². The molecule has 0 unspecified atom stereocenters. The monoisotopic (exact) mass is 526 g/mol. The molecule has 4 N–H and O–H groups in total. The van der Waals surface area contributed by atoms with Crippen LogP contribution >= 0.6 is 11.6 Å². The van der Waals surface area contributed by atoms with Gasteiger partial charge >= 0.3 is 11.6 Å². The molecular formula is C27H27ClN2O7. The lowest BCUT2D eigenvalue weighted by Gasteiger charge is -2.19. The predicted molar refractivity (Wildman–Crippen MR) is 139 cm³/mol. The van der Waals surface area contributed by atoms with Gasteiger partial charge in [0.2, 0.25) is 0 Å². The van der Waals surface area contributed by atoms with Crippen molar-refractivity contribution in [1.82, 2.24) is 10.3 Å². The van der Waals surface area contributed by atoms with Crippen LogP contribution in [0.3, 0.4) is 0 Å². The van der Waals surface area contributed by atoms with Crippen molar-refractivity contribution in [2.75, 3.05) is 0 Å². The number of hydrogen-bond acceptors (Lipinski definition) is 6. The SMILES string of the molecule is CCCCc1cc(=O)oc2cc(O[C@@H](C)C(=O)N[C@H](Cc3c[nH]c4ccc(O)cc34)C(=O)O)c(Cl)cc12. The molecule has 0 bridgehead atoms. The highest BCUT2D eigenvalue weighted by Gasteiger charge is 2.26. The van der Waals surface area contributed by atoms with Gasteiger partial charge in [-0.05, 0) is 55.2 Å². The Morgan fingerprint density at radius 1 is 1.16 bits per heavy atom. The Morgan fingerprint density at radius 2 is 1.95 bits per heavy atom. The van der Waals surface area contributed by atoms with Gasteiger partial charge in [-0.3, -0.25) is 4.79 Å². The molecule has 1 amide bonds. The average Bonchev–Trinajstić information content (AvgIpc) is 3.24. The van der Waals surface area contributed by atoms with E-state index in [0.717, 1.165) is 23.9 Å². The molecular weight excluding hydrogens is 500 g/mol. The molecule has 4 rings (SSSR count). The summed E-state index contributed by atoms with van der Waals surface area (Å²) in [5.74, 6) is -1.71. The van der Waals surface area contributed by atoms with E-state index in [2.05, 4.69) is 17.2 Å². The number of hydrogen-bond donors (Lipinski definition) is 4. The zero-order valence-electron chi connectivity index (χ0n) is 20.3. The van der Waals surface area contributed by atoms with Crippen LogP contribution < -0.4 is 15.7 Å². The molecule has 0 spiro atoms. The van der Waals surface area contributed by atoms with Gasteiger partial charge in [0, 0.05) is 41.0 Å². The van der Waals surface area contributed by atoms with Crippen LogP contribution in [0.15, 0.2) is 51.8 Å². The first-order chi connectivity index (χ1) is 17.7. The molecule has 10 heteroatoms. The number of nitrogens with one attached hydrogen (secondary N) is 2. The van der Waals surface area contributed by atoms with Gasteiger partial charge in [0.25, 0.3) is 5.91 Å². The molecule has 194 valence electrons. The van der Waals surface area contributed by atoms with Gasteiger partial charge in [-0.15, -0.1) is 0 Å². The van der Waals surface area contributed by atoms with Gasteiger partial charge in [-0.25, -0.2) is 9.59 Å². The van der Waals surface area contributed by atoms with E-state index in [1.54, 1.807) is 18.3 Å². The molecule has 0 fully saturated rings. The Morgan fingerprint density at radius 3 is 2.68 bits per heavy atom. The number of aromatic amines is 1. The number of phenolic OH excluding ortho intramolecular Hbond substituents is 1. The number of halogens is 1. The Kier molecular flexibility index (Phi) is 7.73. The highest BCUT2D eigenvalue weighted by atomic mass is 35.5. The fraction of sp³-hybridized carbons (Fsp3) is 0.296. The second-order valence-electron chi connectivity index (χ2n) is 8.88. The Hall–Kier alpha value is -3.98. The first-order valence-electron chi connectivity index (χ1n) is 11.9. The summed E-state index contributed by atoms with van der Waals surface area (Å²) in [5, 5.41) is 23.6. The van der Waals surface area contributed by atoms with Crippen molar-refractivity contribution in [3.05, 3.63) is 69.2 Å². The Balaban J connectivity index is 1.51. The molecule has 0 aliphatic rings. The molecule has 2 aromatic heterocycles. The van der Waals surface area contributed by atoms with Crippen LogP contribution in [0.2, 0.25) is 5.02 Å². The van der Waals surface area contributed by atoms with E-state index < -0.39 is 29.6 Å². The second kappa shape index (κ2) is 11.0. The fourth-order valence-electron chi connectivity index (χ4n) is 4.18. The van der Waals surface area contributed by atoms with Crippen molar-refractivity contribution >= 4 is 45.3 Å². The summed E-state index contributed by atoms with van der Waals surface area (Å²) in [6.07, 6.45) is 3.09. The fourth-order valence-corrected chi connectivity index (χ4v) is 4.39. The number of carbonyl (C=O) groups is 2. The highest BCUT2D eigenvalue weighted by Crippen LogP contribution is 2.32. The molecule has 4 aromatic rings. The number of aromatic hydroxyl groups is 1. The predicted octanol–water partition coefficient (Wildman–Crippen LogP) is 4.56. The number of ether oxygens (including phenoxy) is 1. The molecule has 0 radical (unpaired) electrons. The van der Waals surface area contributed by atoms with Crippen molar-refractivity contribution in [3.8, 4) is 11.5 Å². The largest absolute Gasteiger partial charge is 0.508 e. The number of unbranched alkanes of at least 4 members (excludes halogenated alkanes) is 1. The number of fused-ring (bicyclic) bond motifs is 2. The standard InChI is InChI=1S/C27H27ClN2O7/c1-3-4-5-15-9-25(32)37-23-12-24(20(28)11-19(15)23)36-14(2)26(33)30-22(27(34)35)8-16-13-29-21-7-6-17(31)10-18(16)21/h6-7,9-14,22,29,31H,3-5,8H2,1-2H3,(H,30,33)(H,34,35)/t14-,22+/m0/s1. The van der Waals surface area contributed by atoms with Gasteiger partial charge in [0.15, 0.2) is 6.10 Å². The Bertz CT molecular complexity index is 1520. The van der Waals surface area contributed by atoms with E-state index in [9.17, 15) is 24.6 Å². The van der Waals surface area contributed by atoms with E-state index in [1.165, 1.54) is 31.2 Å². The summed E-state index contributed by atoms with van der Waals surface area (Å²) in [6, 6.07) is 8.04. The number of amides is 1. The number of benzene rings is 2. The summed E-state index contributed by atoms with van der Waals surface area (Å²) >= 11 is 6.42. The number of rotatable bonds is 10. The second-order valence-corrected chi connectivity index (χ2v) is 9.29. The van der Waals surface area contributed by atoms with E-state index in [4.69, 9.17) is 20.8 Å². The maximum Gasteiger partial charge on any atom is 0.336 e. The van der Waals surface area contributed by atoms with Crippen molar-refractivity contribution in [2.45, 2.75) is 51.7 Å². The number of aliphatic carboxylic acids is 1. The van der Waals surface area contributed by atoms with E-state index in [-0.39, 0.29) is 28.5 Å². The summed E-state index contributed by atoms with van der Waals surface area (Å²) < 4.78 is 11.1. The van der Waals surface area contributed by atoms with Crippen molar-refractivity contribution in [3.63, 3.8) is 0 Å². The number of carboxylic acid groups (broad SMARTS) is 1. The van der Waals surface area contributed by atoms with Crippen LogP contribution in [-0.4, -0.2) is 39.2 Å². The topological polar surface area (TPSA) is 142 Å². The van der Waals surface area contributed by atoms with Crippen LogP contribution in [0.4, 0.5) is 0 Å². The summed E-state index contributed by atoms with van der Waals surface area (Å²) in [6.45, 7) is 3.52. The van der Waals surface area contributed by atoms with Gasteiger partial charge < -0.3 is 29.7 Å². The zero-order valence-corrected chi connectivity index (χ0v) is 21.1. The lowest BCUT2D eigenvalue weighted by atomic mass is 10.0. The van der Waals surface area contributed by atoms with Crippen LogP contribution in [0.25, 0.3) is 21.9 Å². The van der Waals surface area contributed by atoms with E-state index in [1.807, 2.05) is 0 Å². The number of H-pyrrole nitrogens is 1. The van der Waals surface area contributed by atoms with Crippen LogP contribution in [0.5, 0.6) is 11.5 Å². The molecule has 2 aromatic carbocycles. The molecule has 2 atom stereocenters. The smallest absolute Gasteiger partial charge is 0.336 e. The van der Waals surface area contributed by atoms with Crippen LogP contribution in [0.1, 0.15) is 37.8 Å². The van der Waals surface area contributed by atoms with Crippen LogP contribution in [0, 0.1) is 0 Å². The molecule has 0 saturated heterocycles. The number of aryl methyl sites for hydroxylation is 1. The molecule has 9 nitrogen and oxygen atoms in total. The molecule has 37 heavy (non-hydrogen) atoms. The number of aromatic nitrogens is 1. The maximum atomic E-state index is 12.8. The van der Waals surface area contributed by atoms with Gasteiger partial charge in [0.1, 0.15) is 23.1 Å². The minimum absolute atomic E-state index is 0.0142.